The Morgan fingerprint density at radius 3 is 2.50 bits per heavy atom. The molecule has 0 aromatic carbocycles. The molecule has 0 radical (unpaired) electrons. The second-order valence-corrected chi connectivity index (χ2v) is 5.75. The summed E-state index contributed by atoms with van der Waals surface area (Å²) in [5.41, 5.74) is 0.419. The fourth-order valence-corrected chi connectivity index (χ4v) is 2.68. The van der Waals surface area contributed by atoms with Crippen LogP contribution < -0.4 is 5.32 Å². The van der Waals surface area contributed by atoms with Gasteiger partial charge in [-0.3, -0.25) is 0 Å². The number of nitrogens with zero attached hydrogens (tertiary/aromatic N) is 1. The van der Waals surface area contributed by atoms with E-state index in [0.29, 0.717) is 11.5 Å². The van der Waals surface area contributed by atoms with Gasteiger partial charge in [-0.15, -0.1) is 0 Å². The monoisotopic (exact) mass is 198 g/mol. The average molecular weight is 198 g/mol. The van der Waals surface area contributed by atoms with Crippen LogP contribution in [0.15, 0.2) is 0 Å². The van der Waals surface area contributed by atoms with Crippen LogP contribution in [0.5, 0.6) is 0 Å². The Morgan fingerprint density at radius 2 is 2.07 bits per heavy atom. The highest BCUT2D eigenvalue weighted by molar-refractivity contribution is 4.91. The third-order valence-corrected chi connectivity index (χ3v) is 3.28. The van der Waals surface area contributed by atoms with Crippen LogP contribution in [-0.4, -0.2) is 37.6 Å². The smallest absolute Gasteiger partial charge is 0.0140 e. The van der Waals surface area contributed by atoms with E-state index >= 15 is 0 Å². The van der Waals surface area contributed by atoms with Crippen LogP contribution in [0.3, 0.4) is 0 Å². The van der Waals surface area contributed by atoms with Gasteiger partial charge in [0.25, 0.3) is 0 Å². The summed E-state index contributed by atoms with van der Waals surface area (Å²) in [6, 6.07) is 0.686. The molecular weight excluding hydrogens is 172 g/mol. The number of nitrogens with one attached hydrogen (secondary N) is 1. The van der Waals surface area contributed by atoms with Crippen molar-refractivity contribution in [3.8, 4) is 0 Å². The fraction of sp³-hybridized carbons (Fsp3) is 1.00. The Labute approximate surface area is 89.1 Å². The first-order chi connectivity index (χ1) is 6.45. The molecule has 1 atom stereocenters. The molecule has 84 valence electrons. The molecule has 1 saturated heterocycles. The van der Waals surface area contributed by atoms with Gasteiger partial charge in [0.2, 0.25) is 0 Å². The van der Waals surface area contributed by atoms with E-state index in [9.17, 15) is 0 Å². The maximum atomic E-state index is 3.44. The zero-order valence-corrected chi connectivity index (χ0v) is 10.4. The summed E-state index contributed by atoms with van der Waals surface area (Å²) >= 11 is 0. The zero-order chi connectivity index (χ0) is 10.8. The van der Waals surface area contributed by atoms with E-state index in [0.717, 1.165) is 5.92 Å². The first-order valence-corrected chi connectivity index (χ1v) is 5.85. The topological polar surface area (TPSA) is 15.3 Å². The summed E-state index contributed by atoms with van der Waals surface area (Å²) < 4.78 is 0. The van der Waals surface area contributed by atoms with Gasteiger partial charge in [-0.25, -0.2) is 0 Å². The van der Waals surface area contributed by atoms with Crippen molar-refractivity contribution in [3.05, 3.63) is 0 Å². The van der Waals surface area contributed by atoms with E-state index in [1.54, 1.807) is 0 Å². The summed E-state index contributed by atoms with van der Waals surface area (Å²) in [6.07, 6.45) is 1.29. The van der Waals surface area contributed by atoms with Crippen LogP contribution in [0.2, 0.25) is 0 Å². The lowest BCUT2D eigenvalue weighted by molar-refractivity contribution is 0.0735. The van der Waals surface area contributed by atoms with Gasteiger partial charge >= 0.3 is 0 Å². The number of likely N-dealkylation sites (tertiary alicyclic amines) is 1. The zero-order valence-electron chi connectivity index (χ0n) is 10.4. The standard InChI is InChI=1S/C12H26N2/c1-10(2)8-14-7-6-11(13-5)12(3,4)9-14/h10-11,13H,6-9H2,1-5H3. The lowest BCUT2D eigenvalue weighted by Crippen LogP contribution is -2.54. The molecule has 1 rings (SSSR count). The van der Waals surface area contributed by atoms with Crippen LogP contribution in [-0.2, 0) is 0 Å². The SMILES string of the molecule is CNC1CCN(CC(C)C)CC1(C)C. The maximum absolute atomic E-state index is 3.44. The van der Waals surface area contributed by atoms with Crippen molar-refractivity contribution in [2.45, 2.75) is 40.2 Å². The van der Waals surface area contributed by atoms with E-state index in [4.69, 9.17) is 0 Å². The Balaban J connectivity index is 2.49. The first kappa shape index (κ1) is 12.0. The quantitative estimate of drug-likeness (QED) is 0.746. The van der Waals surface area contributed by atoms with Gasteiger partial charge in [-0.2, -0.15) is 0 Å². The molecule has 14 heavy (non-hydrogen) atoms. The molecule has 0 bridgehead atoms. The Hall–Kier alpha value is -0.0800. The summed E-state index contributed by atoms with van der Waals surface area (Å²) in [5.74, 6) is 0.789. The molecule has 0 spiro atoms. The summed E-state index contributed by atoms with van der Waals surface area (Å²) in [6.45, 7) is 13.1. The van der Waals surface area contributed by atoms with Gasteiger partial charge in [-0.1, -0.05) is 27.7 Å². The Morgan fingerprint density at radius 1 is 1.43 bits per heavy atom. The summed E-state index contributed by atoms with van der Waals surface area (Å²) in [7, 11) is 2.09. The van der Waals surface area contributed by atoms with Gasteiger partial charge < -0.3 is 10.2 Å². The molecule has 1 unspecified atom stereocenters. The highest BCUT2D eigenvalue weighted by atomic mass is 15.2. The minimum atomic E-state index is 0.419. The molecule has 2 nitrogen and oxygen atoms in total. The normalized spacial score (nSPS) is 28.3. The molecule has 2 heteroatoms. The second kappa shape index (κ2) is 4.63. The van der Waals surface area contributed by atoms with E-state index < -0.39 is 0 Å². The highest BCUT2D eigenvalue weighted by Gasteiger charge is 2.34. The molecule has 0 amide bonds. The van der Waals surface area contributed by atoms with Crippen molar-refractivity contribution in [1.29, 1.82) is 0 Å². The molecule has 0 aliphatic carbocycles. The maximum Gasteiger partial charge on any atom is 0.0140 e. The molecule has 0 saturated carbocycles. The van der Waals surface area contributed by atoms with E-state index in [-0.39, 0.29) is 0 Å². The number of piperidine rings is 1. The third kappa shape index (κ3) is 2.96. The molecular formula is C12H26N2. The van der Waals surface area contributed by atoms with Crippen LogP contribution >= 0.6 is 0 Å². The minimum Gasteiger partial charge on any atom is -0.316 e. The molecule has 1 aliphatic heterocycles. The van der Waals surface area contributed by atoms with Gasteiger partial charge in [0.15, 0.2) is 0 Å². The van der Waals surface area contributed by atoms with E-state index in [1.807, 2.05) is 0 Å². The fourth-order valence-electron chi connectivity index (χ4n) is 2.68. The molecule has 1 aliphatic rings. The lowest BCUT2D eigenvalue weighted by atomic mass is 9.79. The first-order valence-electron chi connectivity index (χ1n) is 5.85. The Kier molecular flexibility index (Phi) is 3.96. The van der Waals surface area contributed by atoms with Gasteiger partial charge in [0, 0.05) is 19.1 Å². The molecule has 0 aromatic rings. The number of hydrogen-bond acceptors (Lipinski definition) is 2. The van der Waals surface area contributed by atoms with Crippen LogP contribution in [0.4, 0.5) is 0 Å². The lowest BCUT2D eigenvalue weighted by Gasteiger charge is -2.44. The van der Waals surface area contributed by atoms with Crippen LogP contribution in [0, 0.1) is 11.3 Å². The van der Waals surface area contributed by atoms with Crippen molar-refractivity contribution < 1.29 is 0 Å². The largest absolute Gasteiger partial charge is 0.316 e. The summed E-state index contributed by atoms with van der Waals surface area (Å²) in [5, 5.41) is 3.44. The van der Waals surface area contributed by atoms with Crippen molar-refractivity contribution in [2.24, 2.45) is 11.3 Å². The van der Waals surface area contributed by atoms with Gasteiger partial charge in [-0.05, 0) is 31.3 Å². The average Bonchev–Trinajstić information content (AvgIpc) is 2.01. The van der Waals surface area contributed by atoms with Gasteiger partial charge in [0.05, 0.1) is 0 Å². The summed E-state index contributed by atoms with van der Waals surface area (Å²) in [4.78, 5) is 2.61. The number of rotatable bonds is 3. The van der Waals surface area contributed by atoms with Crippen molar-refractivity contribution in [1.82, 2.24) is 10.2 Å². The predicted molar refractivity (Wildman–Crippen MR) is 62.5 cm³/mol. The van der Waals surface area contributed by atoms with Gasteiger partial charge in [0.1, 0.15) is 0 Å². The van der Waals surface area contributed by atoms with E-state index in [1.165, 1.54) is 26.1 Å². The van der Waals surface area contributed by atoms with E-state index in [2.05, 4.69) is 45.0 Å². The third-order valence-electron chi connectivity index (χ3n) is 3.28. The van der Waals surface area contributed by atoms with Crippen LogP contribution in [0.25, 0.3) is 0 Å². The van der Waals surface area contributed by atoms with Crippen molar-refractivity contribution in [2.75, 3.05) is 26.7 Å². The molecule has 1 fully saturated rings. The number of hydrogen-bond donors (Lipinski definition) is 1. The minimum absolute atomic E-state index is 0.419. The molecule has 1 heterocycles. The van der Waals surface area contributed by atoms with Crippen molar-refractivity contribution >= 4 is 0 Å². The molecule has 0 aromatic heterocycles. The predicted octanol–water partition coefficient (Wildman–Crippen LogP) is 1.96. The van der Waals surface area contributed by atoms with Crippen LogP contribution in [0.1, 0.15) is 34.1 Å². The molecule has 1 N–H and O–H groups in total. The second-order valence-electron chi connectivity index (χ2n) is 5.75. The van der Waals surface area contributed by atoms with Crippen molar-refractivity contribution in [3.63, 3.8) is 0 Å². The highest BCUT2D eigenvalue weighted by Crippen LogP contribution is 2.29. The Bertz CT molecular complexity index is 175.